The molecule has 25 heavy (non-hydrogen) atoms. The van der Waals surface area contributed by atoms with Crippen molar-refractivity contribution < 1.29 is 14.3 Å². The van der Waals surface area contributed by atoms with Gasteiger partial charge in [-0.15, -0.1) is 11.3 Å². The highest BCUT2D eigenvalue weighted by molar-refractivity contribution is 7.09. The number of likely N-dealkylation sites (tertiary alicyclic amines) is 1. The lowest BCUT2D eigenvalue weighted by Gasteiger charge is -2.30. The molecule has 1 amide bonds. The SMILES string of the molecule is O=C(NCCc1cccs1)C1CCN(Cc2cc(=O)c(O)co2)CC1. The van der Waals surface area contributed by atoms with Crippen molar-refractivity contribution in [2.45, 2.75) is 25.8 Å². The molecule has 2 N–H and O–H groups in total. The largest absolute Gasteiger partial charge is 0.502 e. The van der Waals surface area contributed by atoms with Crippen molar-refractivity contribution >= 4 is 17.2 Å². The molecule has 0 saturated carbocycles. The summed E-state index contributed by atoms with van der Waals surface area (Å²) in [6.07, 6.45) is 3.55. The average molecular weight is 362 g/mol. The Hall–Kier alpha value is -2.12. The first-order valence-corrected chi connectivity index (χ1v) is 9.33. The summed E-state index contributed by atoms with van der Waals surface area (Å²) in [5, 5.41) is 14.3. The summed E-state index contributed by atoms with van der Waals surface area (Å²) in [7, 11) is 0. The molecule has 0 unspecified atom stereocenters. The Labute approximate surface area is 150 Å². The maximum atomic E-state index is 12.3. The van der Waals surface area contributed by atoms with E-state index in [0.29, 0.717) is 18.8 Å². The molecule has 6 nitrogen and oxygen atoms in total. The molecule has 7 heteroatoms. The van der Waals surface area contributed by atoms with Gasteiger partial charge in [0, 0.05) is 23.4 Å². The fourth-order valence-corrected chi connectivity index (χ4v) is 3.72. The van der Waals surface area contributed by atoms with Gasteiger partial charge in [-0.05, 0) is 43.8 Å². The van der Waals surface area contributed by atoms with E-state index in [-0.39, 0.29) is 17.6 Å². The smallest absolute Gasteiger partial charge is 0.226 e. The summed E-state index contributed by atoms with van der Waals surface area (Å²) >= 11 is 1.71. The normalized spacial score (nSPS) is 16.0. The van der Waals surface area contributed by atoms with Crippen molar-refractivity contribution in [3.8, 4) is 5.75 Å². The van der Waals surface area contributed by atoms with Crippen LogP contribution >= 0.6 is 11.3 Å². The molecule has 0 atom stereocenters. The summed E-state index contributed by atoms with van der Waals surface area (Å²) in [4.78, 5) is 27.1. The second kappa shape index (κ2) is 8.31. The molecule has 134 valence electrons. The molecule has 0 aliphatic carbocycles. The van der Waals surface area contributed by atoms with Crippen LogP contribution in [0.1, 0.15) is 23.5 Å². The van der Waals surface area contributed by atoms with E-state index in [1.165, 1.54) is 10.9 Å². The van der Waals surface area contributed by atoms with Crippen LogP contribution in [-0.2, 0) is 17.8 Å². The van der Waals surface area contributed by atoms with Crippen LogP contribution in [0.3, 0.4) is 0 Å². The quantitative estimate of drug-likeness (QED) is 0.821. The number of nitrogens with one attached hydrogen (secondary N) is 1. The zero-order valence-corrected chi connectivity index (χ0v) is 14.8. The highest BCUT2D eigenvalue weighted by atomic mass is 32.1. The molecule has 1 aliphatic rings. The fourth-order valence-electron chi connectivity index (χ4n) is 3.01. The van der Waals surface area contributed by atoms with E-state index in [1.807, 2.05) is 11.4 Å². The van der Waals surface area contributed by atoms with Crippen molar-refractivity contribution in [1.82, 2.24) is 10.2 Å². The highest BCUT2D eigenvalue weighted by Crippen LogP contribution is 2.19. The van der Waals surface area contributed by atoms with Crippen LogP contribution < -0.4 is 10.7 Å². The number of amides is 1. The first-order chi connectivity index (χ1) is 12.1. The van der Waals surface area contributed by atoms with Crippen LogP contribution in [0.5, 0.6) is 5.75 Å². The summed E-state index contributed by atoms with van der Waals surface area (Å²) in [5.41, 5.74) is -0.429. The Kier molecular flexibility index (Phi) is 5.88. The van der Waals surface area contributed by atoms with E-state index in [0.717, 1.165) is 38.6 Å². The molecule has 1 saturated heterocycles. The Morgan fingerprint density at radius 1 is 1.40 bits per heavy atom. The predicted molar refractivity (Wildman–Crippen MR) is 95.7 cm³/mol. The molecule has 2 aromatic heterocycles. The number of nitrogens with zero attached hydrogens (tertiary/aromatic N) is 1. The zero-order chi connectivity index (χ0) is 17.6. The van der Waals surface area contributed by atoms with Gasteiger partial charge in [-0.3, -0.25) is 14.5 Å². The first-order valence-electron chi connectivity index (χ1n) is 8.45. The highest BCUT2D eigenvalue weighted by Gasteiger charge is 2.25. The first kappa shape index (κ1) is 17.7. The lowest BCUT2D eigenvalue weighted by molar-refractivity contribution is -0.126. The zero-order valence-electron chi connectivity index (χ0n) is 13.9. The van der Waals surface area contributed by atoms with Gasteiger partial charge < -0.3 is 14.8 Å². The number of carbonyl (C=O) groups excluding carboxylic acids is 1. The van der Waals surface area contributed by atoms with Crippen LogP contribution in [-0.4, -0.2) is 35.5 Å². The maximum absolute atomic E-state index is 12.3. The summed E-state index contributed by atoms with van der Waals surface area (Å²) in [6.45, 7) is 2.77. The van der Waals surface area contributed by atoms with Gasteiger partial charge in [0.05, 0.1) is 6.54 Å². The third-order valence-electron chi connectivity index (χ3n) is 4.46. The average Bonchev–Trinajstić information content (AvgIpc) is 3.12. The van der Waals surface area contributed by atoms with Gasteiger partial charge in [0.2, 0.25) is 11.3 Å². The van der Waals surface area contributed by atoms with E-state index < -0.39 is 5.43 Å². The number of hydrogen-bond acceptors (Lipinski definition) is 6. The Morgan fingerprint density at radius 2 is 2.20 bits per heavy atom. The Morgan fingerprint density at radius 3 is 2.88 bits per heavy atom. The van der Waals surface area contributed by atoms with E-state index in [2.05, 4.69) is 16.3 Å². The summed E-state index contributed by atoms with van der Waals surface area (Å²) < 4.78 is 5.23. The van der Waals surface area contributed by atoms with Crippen LogP contribution in [0.2, 0.25) is 0 Å². The van der Waals surface area contributed by atoms with E-state index in [1.54, 1.807) is 11.3 Å². The minimum absolute atomic E-state index is 0.0476. The van der Waals surface area contributed by atoms with E-state index in [9.17, 15) is 14.7 Å². The number of piperidine rings is 1. The van der Waals surface area contributed by atoms with Crippen molar-refractivity contribution in [3.63, 3.8) is 0 Å². The number of rotatable bonds is 6. The van der Waals surface area contributed by atoms with Gasteiger partial charge in [0.15, 0.2) is 5.75 Å². The third-order valence-corrected chi connectivity index (χ3v) is 5.39. The van der Waals surface area contributed by atoms with Crippen LogP contribution in [0, 0.1) is 5.92 Å². The maximum Gasteiger partial charge on any atom is 0.226 e. The molecule has 1 aliphatic heterocycles. The van der Waals surface area contributed by atoms with E-state index in [4.69, 9.17) is 4.42 Å². The van der Waals surface area contributed by atoms with Gasteiger partial charge in [-0.25, -0.2) is 0 Å². The number of carbonyl (C=O) groups is 1. The van der Waals surface area contributed by atoms with Gasteiger partial charge in [0.25, 0.3) is 0 Å². The van der Waals surface area contributed by atoms with Gasteiger partial charge >= 0.3 is 0 Å². The van der Waals surface area contributed by atoms with Crippen LogP contribution in [0.15, 0.2) is 39.1 Å². The summed E-state index contributed by atoms with van der Waals surface area (Å²) in [5.74, 6) is 0.335. The second-order valence-electron chi connectivity index (χ2n) is 6.27. The van der Waals surface area contributed by atoms with E-state index >= 15 is 0 Å². The molecule has 0 bridgehead atoms. The van der Waals surface area contributed by atoms with Crippen LogP contribution in [0.4, 0.5) is 0 Å². The molecule has 0 aromatic carbocycles. The minimum atomic E-state index is -0.429. The standard InChI is InChI=1S/C18H22N2O4S/c21-16-10-14(24-12-17(16)22)11-20-7-4-13(5-8-20)18(23)19-6-3-15-2-1-9-25-15/h1-2,9-10,12-13,22H,3-8,11H2,(H,19,23). The predicted octanol–water partition coefficient (Wildman–Crippen LogP) is 1.98. The summed E-state index contributed by atoms with van der Waals surface area (Å²) in [6, 6.07) is 5.42. The Bertz CT molecular complexity index is 749. The fraction of sp³-hybridized carbons (Fsp3) is 0.444. The lowest BCUT2D eigenvalue weighted by atomic mass is 9.96. The molecule has 3 heterocycles. The van der Waals surface area contributed by atoms with Gasteiger partial charge in [-0.1, -0.05) is 6.07 Å². The minimum Gasteiger partial charge on any atom is -0.502 e. The lowest BCUT2D eigenvalue weighted by Crippen LogP contribution is -2.40. The molecule has 2 aromatic rings. The van der Waals surface area contributed by atoms with Crippen molar-refractivity contribution in [1.29, 1.82) is 0 Å². The molecular formula is C18H22N2O4S. The molecule has 3 rings (SSSR count). The Balaban J connectivity index is 1.41. The number of aromatic hydroxyl groups is 1. The van der Waals surface area contributed by atoms with Crippen molar-refractivity contribution in [3.05, 3.63) is 50.7 Å². The van der Waals surface area contributed by atoms with Gasteiger partial charge in [-0.2, -0.15) is 0 Å². The molecule has 1 fully saturated rings. The van der Waals surface area contributed by atoms with Crippen LogP contribution in [0.25, 0.3) is 0 Å². The third kappa shape index (κ3) is 4.93. The van der Waals surface area contributed by atoms with Gasteiger partial charge in [0.1, 0.15) is 12.0 Å². The monoisotopic (exact) mass is 362 g/mol. The number of thiophene rings is 1. The molecule has 0 spiro atoms. The van der Waals surface area contributed by atoms with Crippen molar-refractivity contribution in [2.75, 3.05) is 19.6 Å². The molecule has 0 radical (unpaired) electrons. The topological polar surface area (TPSA) is 82.8 Å². The number of hydrogen-bond donors (Lipinski definition) is 2. The second-order valence-corrected chi connectivity index (χ2v) is 7.30. The van der Waals surface area contributed by atoms with Crippen molar-refractivity contribution in [2.24, 2.45) is 5.92 Å². The molecular weight excluding hydrogens is 340 g/mol.